The fraction of sp³-hybridized carbons (Fsp3) is 0.500. The van der Waals surface area contributed by atoms with Crippen LogP contribution in [0, 0.1) is 9.49 Å². The van der Waals surface area contributed by atoms with Crippen molar-refractivity contribution in [3.63, 3.8) is 0 Å². The van der Waals surface area contributed by atoms with Gasteiger partial charge in [-0.1, -0.05) is 19.3 Å². The lowest BCUT2D eigenvalue weighted by atomic mass is 9.88. The Kier molecular flexibility index (Phi) is 9.19. The molecule has 0 unspecified atom stereocenters. The number of likely N-dealkylation sites (N-methyl/N-ethyl adjacent to an activating group) is 1. The molecule has 0 atom stereocenters. The molecule has 0 spiro atoms. The quantitative estimate of drug-likeness (QED) is 0.348. The van der Waals surface area contributed by atoms with Crippen molar-refractivity contribution in [1.29, 1.82) is 0 Å². The second-order valence-corrected chi connectivity index (χ2v) is 12.2. The van der Waals surface area contributed by atoms with E-state index in [2.05, 4.69) is 49.3 Å². The zero-order chi connectivity index (χ0) is 27.4. The van der Waals surface area contributed by atoms with E-state index < -0.39 is 0 Å². The summed E-state index contributed by atoms with van der Waals surface area (Å²) in [5.74, 6) is 0.667. The number of amides is 2. The molecule has 1 aromatic heterocycles. The number of rotatable bonds is 8. The Morgan fingerprint density at radius 2 is 1.72 bits per heavy atom. The van der Waals surface area contributed by atoms with E-state index in [1.54, 1.807) is 4.90 Å². The fourth-order valence-corrected chi connectivity index (χ4v) is 6.06. The van der Waals surface area contributed by atoms with Gasteiger partial charge in [-0.15, -0.1) is 0 Å². The van der Waals surface area contributed by atoms with Gasteiger partial charge in [0.1, 0.15) is 0 Å². The minimum Gasteiger partial charge on any atom is -0.315 e. The molecule has 208 valence electrons. The highest BCUT2D eigenvalue weighted by atomic mass is 127. The van der Waals surface area contributed by atoms with E-state index in [0.29, 0.717) is 11.5 Å². The molecule has 2 amide bonds. The summed E-state index contributed by atoms with van der Waals surface area (Å²) in [6, 6.07) is 13.6. The first-order valence-electron chi connectivity index (χ1n) is 14.1. The predicted octanol–water partition coefficient (Wildman–Crippen LogP) is 5.07. The van der Waals surface area contributed by atoms with Gasteiger partial charge in [0, 0.05) is 60.5 Å². The molecular formula is C30H39IN6O2. The molecule has 9 heteroatoms. The maximum Gasteiger partial charge on any atom is 0.257 e. The number of hydrogen-bond donors (Lipinski definition) is 1. The van der Waals surface area contributed by atoms with Crippen LogP contribution in [-0.2, 0) is 11.3 Å². The van der Waals surface area contributed by atoms with Gasteiger partial charge in [0.25, 0.3) is 5.91 Å². The number of nitrogens with zero attached hydrogens (tertiary/aromatic N) is 5. The first-order chi connectivity index (χ1) is 18.9. The molecule has 0 bridgehead atoms. The highest BCUT2D eigenvalue weighted by Crippen LogP contribution is 2.29. The summed E-state index contributed by atoms with van der Waals surface area (Å²) in [5.41, 5.74) is 3.20. The molecule has 1 aliphatic heterocycles. The number of imidazole rings is 1. The Balaban J connectivity index is 1.37. The zero-order valence-electron chi connectivity index (χ0n) is 23.0. The average molecular weight is 643 g/mol. The Hall–Kier alpha value is -2.50. The number of aromatic nitrogens is 2. The second-order valence-electron chi connectivity index (χ2n) is 11.0. The normalized spacial score (nSPS) is 17.4. The van der Waals surface area contributed by atoms with Gasteiger partial charge >= 0.3 is 0 Å². The average Bonchev–Trinajstić information content (AvgIpc) is 3.30. The third-order valence-corrected chi connectivity index (χ3v) is 8.91. The number of benzene rings is 2. The van der Waals surface area contributed by atoms with Gasteiger partial charge in [-0.25, -0.2) is 4.98 Å². The lowest BCUT2D eigenvalue weighted by Crippen LogP contribution is -2.44. The summed E-state index contributed by atoms with van der Waals surface area (Å²) in [6.45, 7) is 6.13. The minimum absolute atomic E-state index is 0.107. The summed E-state index contributed by atoms with van der Waals surface area (Å²) < 4.78 is 3.20. The maximum absolute atomic E-state index is 13.2. The van der Waals surface area contributed by atoms with Crippen LogP contribution in [0.1, 0.15) is 48.9 Å². The van der Waals surface area contributed by atoms with E-state index in [9.17, 15) is 9.59 Å². The predicted molar refractivity (Wildman–Crippen MR) is 165 cm³/mol. The number of halogens is 1. The molecule has 3 aromatic rings. The number of aryl methyl sites for hydroxylation is 1. The van der Waals surface area contributed by atoms with E-state index >= 15 is 0 Å². The number of fused-ring (bicyclic) bond motifs is 1. The lowest BCUT2D eigenvalue weighted by Gasteiger charge is -2.32. The van der Waals surface area contributed by atoms with Crippen LogP contribution in [0.3, 0.4) is 0 Å². The summed E-state index contributed by atoms with van der Waals surface area (Å²) in [7, 11) is 4.04. The molecule has 8 nitrogen and oxygen atoms in total. The van der Waals surface area contributed by atoms with E-state index in [1.165, 1.54) is 6.42 Å². The zero-order valence-corrected chi connectivity index (χ0v) is 25.2. The summed E-state index contributed by atoms with van der Waals surface area (Å²) >= 11 is 2.24. The van der Waals surface area contributed by atoms with Crippen molar-refractivity contribution in [2.45, 2.75) is 45.1 Å². The molecule has 1 saturated carbocycles. The Morgan fingerprint density at radius 3 is 2.44 bits per heavy atom. The van der Waals surface area contributed by atoms with Crippen LogP contribution in [0.25, 0.3) is 11.0 Å². The molecule has 1 aliphatic carbocycles. The van der Waals surface area contributed by atoms with E-state index in [1.807, 2.05) is 49.5 Å². The van der Waals surface area contributed by atoms with Gasteiger partial charge in [-0.05, 0) is 97.9 Å². The fourth-order valence-electron chi connectivity index (χ4n) is 5.70. The van der Waals surface area contributed by atoms with Gasteiger partial charge in [-0.2, -0.15) is 0 Å². The van der Waals surface area contributed by atoms with Crippen molar-refractivity contribution < 1.29 is 9.59 Å². The Morgan fingerprint density at radius 1 is 1.00 bits per heavy atom. The SMILES string of the molecule is CN1CCN(CCCn2c(NC(=O)c3ccc(I)cc3)nc3cc(N(C)C(=O)C4CCCCC4)ccc32)CC1. The number of nitrogens with one attached hydrogen (secondary N) is 1. The van der Waals surface area contributed by atoms with E-state index in [4.69, 9.17) is 4.98 Å². The van der Waals surface area contributed by atoms with Gasteiger partial charge in [-0.3, -0.25) is 14.9 Å². The van der Waals surface area contributed by atoms with Crippen molar-refractivity contribution in [3.05, 3.63) is 51.6 Å². The summed E-state index contributed by atoms with van der Waals surface area (Å²) in [6.07, 6.45) is 6.40. The molecule has 2 heterocycles. The van der Waals surface area contributed by atoms with E-state index in [0.717, 1.165) is 91.7 Å². The summed E-state index contributed by atoms with van der Waals surface area (Å²) in [5, 5.41) is 3.06. The van der Waals surface area contributed by atoms with Crippen LogP contribution in [0.15, 0.2) is 42.5 Å². The number of piperazine rings is 1. The van der Waals surface area contributed by atoms with Gasteiger partial charge in [0.2, 0.25) is 11.9 Å². The first kappa shape index (κ1) is 28.0. The largest absolute Gasteiger partial charge is 0.315 e. The van der Waals surface area contributed by atoms with Gasteiger partial charge in [0.05, 0.1) is 11.0 Å². The number of hydrogen-bond acceptors (Lipinski definition) is 5. The monoisotopic (exact) mass is 642 g/mol. The Bertz CT molecular complexity index is 1290. The lowest BCUT2D eigenvalue weighted by molar-refractivity contribution is -0.123. The van der Waals surface area contributed by atoms with Crippen LogP contribution in [0.2, 0.25) is 0 Å². The number of carbonyl (C=O) groups excluding carboxylic acids is 2. The standard InChI is InChI=1S/C30H39IN6O2/c1-34-17-19-36(20-18-34)15-6-16-37-27-14-13-25(35(2)29(39)23-7-4-3-5-8-23)21-26(27)32-30(37)33-28(38)22-9-11-24(31)12-10-22/h9-14,21,23H,3-8,15-20H2,1-2H3,(H,32,33,38). The number of anilines is 2. The highest BCUT2D eigenvalue weighted by molar-refractivity contribution is 14.1. The molecule has 5 rings (SSSR count). The third kappa shape index (κ3) is 6.81. The topological polar surface area (TPSA) is 73.7 Å². The molecule has 1 saturated heterocycles. The van der Waals surface area contributed by atoms with Crippen molar-refractivity contribution in [2.75, 3.05) is 57.0 Å². The van der Waals surface area contributed by atoms with Crippen molar-refractivity contribution in [3.8, 4) is 0 Å². The van der Waals surface area contributed by atoms with Crippen LogP contribution in [0.5, 0.6) is 0 Å². The van der Waals surface area contributed by atoms with Crippen LogP contribution >= 0.6 is 22.6 Å². The van der Waals surface area contributed by atoms with Crippen molar-refractivity contribution in [2.24, 2.45) is 5.92 Å². The molecule has 39 heavy (non-hydrogen) atoms. The molecule has 2 aliphatic rings. The Labute approximate surface area is 244 Å². The third-order valence-electron chi connectivity index (χ3n) is 8.19. The second kappa shape index (κ2) is 12.8. The minimum atomic E-state index is -0.174. The van der Waals surface area contributed by atoms with Crippen molar-refractivity contribution in [1.82, 2.24) is 19.4 Å². The molecule has 2 fully saturated rings. The highest BCUT2D eigenvalue weighted by Gasteiger charge is 2.25. The maximum atomic E-state index is 13.2. The van der Waals surface area contributed by atoms with Gasteiger partial charge < -0.3 is 19.3 Å². The summed E-state index contributed by atoms with van der Waals surface area (Å²) in [4.78, 5) is 37.8. The van der Waals surface area contributed by atoms with Crippen LogP contribution in [0.4, 0.5) is 11.6 Å². The van der Waals surface area contributed by atoms with Gasteiger partial charge in [0.15, 0.2) is 0 Å². The number of carbonyl (C=O) groups is 2. The van der Waals surface area contributed by atoms with E-state index in [-0.39, 0.29) is 17.7 Å². The van der Waals surface area contributed by atoms with Crippen LogP contribution < -0.4 is 10.2 Å². The van der Waals surface area contributed by atoms with Crippen molar-refractivity contribution >= 4 is 57.1 Å². The first-order valence-corrected chi connectivity index (χ1v) is 15.2. The molecule has 0 radical (unpaired) electrons. The smallest absolute Gasteiger partial charge is 0.257 e. The molecule has 2 aromatic carbocycles. The molecular weight excluding hydrogens is 603 g/mol. The molecule has 1 N–H and O–H groups in total. The van der Waals surface area contributed by atoms with Crippen LogP contribution in [-0.4, -0.2) is 78.0 Å².